The van der Waals surface area contributed by atoms with E-state index in [1.165, 1.54) is 0 Å². The first-order valence-corrected chi connectivity index (χ1v) is 8.61. The first kappa shape index (κ1) is 16.0. The number of hydrogen-bond donors (Lipinski definition) is 2. The topological polar surface area (TPSA) is 98.2 Å². The fourth-order valence-electron chi connectivity index (χ4n) is 3.83. The molecule has 25 heavy (non-hydrogen) atoms. The van der Waals surface area contributed by atoms with Crippen molar-refractivity contribution in [1.82, 2.24) is 25.1 Å². The van der Waals surface area contributed by atoms with Crippen molar-refractivity contribution in [3.8, 4) is 0 Å². The molecule has 1 amide bonds. The molecule has 2 aromatic rings. The Labute approximate surface area is 145 Å². The lowest BCUT2D eigenvalue weighted by atomic mass is 10.0. The second-order valence-corrected chi connectivity index (χ2v) is 7.00. The summed E-state index contributed by atoms with van der Waals surface area (Å²) >= 11 is 0. The Morgan fingerprint density at radius 2 is 2.32 bits per heavy atom. The van der Waals surface area contributed by atoms with Gasteiger partial charge in [0.1, 0.15) is 11.4 Å². The molecule has 8 heteroatoms. The molecule has 0 spiro atoms. The summed E-state index contributed by atoms with van der Waals surface area (Å²) in [6, 6.07) is 0. The quantitative estimate of drug-likeness (QED) is 0.835. The van der Waals surface area contributed by atoms with Gasteiger partial charge in [-0.1, -0.05) is 0 Å². The third-order valence-electron chi connectivity index (χ3n) is 5.09. The van der Waals surface area contributed by atoms with Crippen molar-refractivity contribution in [3.05, 3.63) is 35.5 Å². The van der Waals surface area contributed by atoms with E-state index in [-0.39, 0.29) is 12.5 Å². The lowest BCUT2D eigenvalue weighted by Gasteiger charge is -2.29. The van der Waals surface area contributed by atoms with Gasteiger partial charge in [0.05, 0.1) is 12.7 Å². The number of aromatic amines is 1. The first-order chi connectivity index (χ1) is 12.1. The summed E-state index contributed by atoms with van der Waals surface area (Å²) in [5.74, 6) is 0.614. The van der Waals surface area contributed by atoms with E-state index >= 15 is 0 Å². The number of fused-ring (bicyclic) bond motifs is 1. The van der Waals surface area contributed by atoms with Crippen LogP contribution in [-0.2, 0) is 12.8 Å². The normalized spacial score (nSPS) is 22.2. The van der Waals surface area contributed by atoms with Crippen LogP contribution >= 0.6 is 0 Å². The van der Waals surface area contributed by atoms with E-state index in [1.54, 1.807) is 30.5 Å². The van der Waals surface area contributed by atoms with Crippen molar-refractivity contribution < 1.29 is 9.90 Å². The van der Waals surface area contributed by atoms with Crippen molar-refractivity contribution >= 4 is 11.7 Å². The molecule has 3 heterocycles. The van der Waals surface area contributed by atoms with Crippen LogP contribution in [-0.4, -0.2) is 68.4 Å². The fraction of sp³-hybridized carbons (Fsp3) is 0.529. The van der Waals surface area contributed by atoms with E-state index in [0.717, 1.165) is 36.3 Å². The predicted molar refractivity (Wildman–Crippen MR) is 91.4 cm³/mol. The van der Waals surface area contributed by atoms with Gasteiger partial charge in [-0.25, -0.2) is 4.98 Å². The summed E-state index contributed by atoms with van der Waals surface area (Å²) in [5, 5.41) is 18.1. The molecule has 4 rings (SSSR count). The van der Waals surface area contributed by atoms with Gasteiger partial charge in [0.2, 0.25) is 0 Å². The van der Waals surface area contributed by atoms with Crippen LogP contribution in [0.3, 0.4) is 0 Å². The molecular weight excluding hydrogens is 320 g/mol. The Morgan fingerprint density at radius 3 is 3.12 bits per heavy atom. The fourth-order valence-corrected chi connectivity index (χ4v) is 3.83. The number of carbonyl (C=O) groups is 1. The number of H-pyrrole nitrogens is 1. The van der Waals surface area contributed by atoms with E-state index in [0.29, 0.717) is 25.2 Å². The average molecular weight is 342 g/mol. The molecule has 2 aromatic heterocycles. The van der Waals surface area contributed by atoms with E-state index < -0.39 is 5.60 Å². The van der Waals surface area contributed by atoms with Crippen LogP contribution in [0.1, 0.15) is 34.6 Å². The smallest absolute Gasteiger partial charge is 0.274 e. The zero-order valence-electron chi connectivity index (χ0n) is 14.3. The number of amides is 1. The number of carbonyl (C=O) groups excluding carboxylic acids is 1. The van der Waals surface area contributed by atoms with Gasteiger partial charge in [0.15, 0.2) is 5.69 Å². The minimum atomic E-state index is -0.957. The zero-order valence-corrected chi connectivity index (χ0v) is 14.3. The second-order valence-electron chi connectivity index (χ2n) is 7.00. The molecule has 0 saturated carbocycles. The molecule has 0 bridgehead atoms. The second kappa shape index (κ2) is 6.11. The Bertz CT molecular complexity index is 777. The Balaban J connectivity index is 1.43. The number of rotatable bonds is 4. The molecule has 1 fully saturated rings. The summed E-state index contributed by atoms with van der Waals surface area (Å²) in [5.41, 5.74) is 1.66. The maximum atomic E-state index is 12.7. The summed E-state index contributed by atoms with van der Waals surface area (Å²) in [7, 11) is 1.72. The summed E-state index contributed by atoms with van der Waals surface area (Å²) < 4.78 is 0. The minimum absolute atomic E-state index is 0.134. The van der Waals surface area contributed by atoms with Crippen molar-refractivity contribution in [2.24, 2.45) is 0 Å². The van der Waals surface area contributed by atoms with Gasteiger partial charge in [-0.05, 0) is 25.7 Å². The number of hydrogen-bond acceptors (Lipinski definition) is 6. The molecule has 1 aliphatic carbocycles. The number of β-amino-alcohol motifs (C(OH)–C–C–N with tert-alkyl or cyclic N) is 1. The summed E-state index contributed by atoms with van der Waals surface area (Å²) in [4.78, 5) is 24.7. The van der Waals surface area contributed by atoms with Crippen LogP contribution < -0.4 is 4.90 Å². The Hall–Kier alpha value is -2.48. The van der Waals surface area contributed by atoms with Crippen molar-refractivity contribution in [3.63, 3.8) is 0 Å². The molecule has 1 saturated heterocycles. The van der Waals surface area contributed by atoms with Gasteiger partial charge in [-0.3, -0.25) is 14.9 Å². The molecule has 0 aromatic carbocycles. The van der Waals surface area contributed by atoms with Gasteiger partial charge < -0.3 is 14.9 Å². The molecule has 2 N–H and O–H groups in total. The Kier molecular flexibility index (Phi) is 3.91. The largest absolute Gasteiger partial charge is 0.386 e. The lowest BCUT2D eigenvalue weighted by molar-refractivity contribution is 0.0261. The van der Waals surface area contributed by atoms with Crippen LogP contribution in [0.25, 0.3) is 0 Å². The lowest BCUT2D eigenvalue weighted by Crippen LogP contribution is -2.46. The van der Waals surface area contributed by atoms with Gasteiger partial charge in [0, 0.05) is 43.8 Å². The summed E-state index contributed by atoms with van der Waals surface area (Å²) in [6.07, 6.45) is 8.45. The van der Waals surface area contributed by atoms with E-state index in [9.17, 15) is 9.90 Å². The van der Waals surface area contributed by atoms with Gasteiger partial charge in [-0.15, -0.1) is 0 Å². The molecular formula is C17H22N6O2. The highest BCUT2D eigenvalue weighted by Gasteiger charge is 2.39. The molecule has 1 atom stereocenters. The van der Waals surface area contributed by atoms with E-state index in [1.807, 2.05) is 4.90 Å². The van der Waals surface area contributed by atoms with Crippen LogP contribution in [0.2, 0.25) is 0 Å². The van der Waals surface area contributed by atoms with Gasteiger partial charge >= 0.3 is 0 Å². The standard InChI is InChI=1S/C17H22N6O2/c1-22(16(24)15-12-3-2-4-13(12)20-21-15)10-17(25)5-8-23(11-17)14-9-18-6-7-19-14/h6-7,9,25H,2-5,8,10-11H2,1H3,(H,20,21)/t17-/m1/s1. The molecule has 8 nitrogen and oxygen atoms in total. The maximum Gasteiger partial charge on any atom is 0.274 e. The number of nitrogens with one attached hydrogen (secondary N) is 1. The van der Waals surface area contributed by atoms with Crippen LogP contribution in [0, 0.1) is 0 Å². The van der Waals surface area contributed by atoms with Crippen molar-refractivity contribution in [2.75, 3.05) is 31.6 Å². The SMILES string of the molecule is CN(C[C@]1(O)CCN(c2cnccn2)C1)C(=O)c1n[nH]c2c1CCC2. The zero-order chi connectivity index (χ0) is 17.4. The predicted octanol–water partition coefficient (Wildman–Crippen LogP) is 0.402. The van der Waals surface area contributed by atoms with Crippen molar-refractivity contribution in [1.29, 1.82) is 0 Å². The molecule has 132 valence electrons. The minimum Gasteiger partial charge on any atom is -0.386 e. The molecule has 1 aliphatic heterocycles. The third-order valence-corrected chi connectivity index (χ3v) is 5.09. The van der Waals surface area contributed by atoms with E-state index in [4.69, 9.17) is 0 Å². The first-order valence-electron chi connectivity index (χ1n) is 8.61. The average Bonchev–Trinajstić information content (AvgIpc) is 3.30. The number of likely N-dealkylation sites (N-methyl/N-ethyl adjacent to an activating group) is 1. The van der Waals surface area contributed by atoms with Gasteiger partial charge in [-0.2, -0.15) is 5.10 Å². The Morgan fingerprint density at radius 1 is 1.44 bits per heavy atom. The number of aryl methyl sites for hydroxylation is 1. The number of nitrogens with zero attached hydrogens (tertiary/aromatic N) is 5. The van der Waals surface area contributed by atoms with Crippen LogP contribution in [0.15, 0.2) is 18.6 Å². The monoisotopic (exact) mass is 342 g/mol. The van der Waals surface area contributed by atoms with Crippen LogP contribution in [0.5, 0.6) is 0 Å². The van der Waals surface area contributed by atoms with Crippen LogP contribution in [0.4, 0.5) is 5.82 Å². The third kappa shape index (κ3) is 2.97. The molecule has 2 aliphatic rings. The highest BCUT2D eigenvalue weighted by atomic mass is 16.3. The highest BCUT2D eigenvalue weighted by Crippen LogP contribution is 2.27. The van der Waals surface area contributed by atoms with Gasteiger partial charge in [0.25, 0.3) is 5.91 Å². The maximum absolute atomic E-state index is 12.7. The summed E-state index contributed by atoms with van der Waals surface area (Å²) in [6.45, 7) is 1.39. The highest BCUT2D eigenvalue weighted by molar-refractivity contribution is 5.94. The van der Waals surface area contributed by atoms with E-state index in [2.05, 4.69) is 20.2 Å². The number of aromatic nitrogens is 4. The molecule has 0 unspecified atom stereocenters. The number of anilines is 1. The molecule has 0 radical (unpaired) electrons. The number of aliphatic hydroxyl groups is 1. The van der Waals surface area contributed by atoms with Crippen molar-refractivity contribution in [2.45, 2.75) is 31.3 Å².